The monoisotopic (exact) mass is 348 g/mol. The van der Waals surface area contributed by atoms with Gasteiger partial charge in [-0.25, -0.2) is 13.2 Å². The molecule has 0 spiro atoms. The van der Waals surface area contributed by atoms with E-state index in [1.807, 2.05) is 0 Å². The van der Waals surface area contributed by atoms with Crippen LogP contribution in [0.2, 0.25) is 0 Å². The van der Waals surface area contributed by atoms with E-state index in [4.69, 9.17) is 0 Å². The van der Waals surface area contributed by atoms with Gasteiger partial charge in [-0.1, -0.05) is 18.2 Å². The molecule has 1 aliphatic carbocycles. The van der Waals surface area contributed by atoms with Crippen molar-refractivity contribution in [1.82, 2.24) is 10.3 Å². The first-order valence-electron chi connectivity index (χ1n) is 8.22. The molecule has 1 saturated carbocycles. The van der Waals surface area contributed by atoms with Gasteiger partial charge in [0.05, 0.1) is 6.20 Å². The van der Waals surface area contributed by atoms with Crippen LogP contribution in [-0.4, -0.2) is 23.4 Å². The second-order valence-electron chi connectivity index (χ2n) is 6.58. The lowest BCUT2D eigenvalue weighted by Gasteiger charge is -2.40. The molecule has 132 valence electrons. The molecule has 25 heavy (non-hydrogen) atoms. The van der Waals surface area contributed by atoms with Crippen molar-refractivity contribution in [2.24, 2.45) is 0 Å². The summed E-state index contributed by atoms with van der Waals surface area (Å²) < 4.78 is 40.9. The maximum atomic E-state index is 13.6. The Hall–Kier alpha value is -2.37. The average molecular weight is 348 g/mol. The predicted molar refractivity (Wildman–Crippen MR) is 88.1 cm³/mol. The minimum Gasteiger partial charge on any atom is -0.351 e. The molecular weight excluding hydrogens is 329 g/mol. The van der Waals surface area contributed by atoms with Gasteiger partial charge in [-0.15, -0.1) is 0 Å². The minimum absolute atomic E-state index is 0.167. The Labute approximate surface area is 144 Å². The summed E-state index contributed by atoms with van der Waals surface area (Å²) in [4.78, 5) is 16.2. The molecule has 0 atom stereocenters. The number of nitrogens with one attached hydrogen (secondary N) is 1. The molecule has 1 aromatic carbocycles. The first-order chi connectivity index (χ1) is 11.9. The normalized spacial score (nSPS) is 18.5. The molecule has 1 amide bonds. The molecule has 2 aromatic rings. The Balaban J connectivity index is 1.81. The Morgan fingerprint density at radius 3 is 2.40 bits per heavy atom. The summed E-state index contributed by atoms with van der Waals surface area (Å²) in [6.45, 7) is 0.169. The molecule has 1 aliphatic rings. The molecule has 3 nitrogen and oxygen atoms in total. The molecule has 6 heteroatoms. The van der Waals surface area contributed by atoms with Gasteiger partial charge in [0.25, 0.3) is 5.91 Å². The molecule has 1 N–H and O–H groups in total. The van der Waals surface area contributed by atoms with E-state index < -0.39 is 17.2 Å². The lowest BCUT2D eigenvalue weighted by atomic mass is 9.68. The minimum atomic E-state index is -2.71. The first-order valence-corrected chi connectivity index (χ1v) is 8.22. The molecule has 0 unspecified atom stereocenters. The zero-order valence-corrected chi connectivity index (χ0v) is 13.6. The van der Waals surface area contributed by atoms with Crippen LogP contribution in [0.3, 0.4) is 0 Å². The number of rotatable bonds is 4. The maximum absolute atomic E-state index is 13.6. The number of hydrogen-bond donors (Lipinski definition) is 1. The molecule has 0 radical (unpaired) electrons. The summed E-state index contributed by atoms with van der Waals surface area (Å²) in [5.41, 5.74) is 0.314. The average Bonchev–Trinajstić information content (AvgIpc) is 2.62. The summed E-state index contributed by atoms with van der Waals surface area (Å²) >= 11 is 0. The van der Waals surface area contributed by atoms with Gasteiger partial charge >= 0.3 is 0 Å². The van der Waals surface area contributed by atoms with Crippen LogP contribution in [0.1, 0.15) is 41.6 Å². The van der Waals surface area contributed by atoms with Crippen molar-refractivity contribution in [3.63, 3.8) is 0 Å². The SMILES string of the molecule is O=C(NCC1(c2cncc(F)c2)CCC(F)(F)CC1)c1ccccc1. The molecule has 0 aliphatic heterocycles. The van der Waals surface area contributed by atoms with Crippen molar-refractivity contribution in [3.8, 4) is 0 Å². The number of benzene rings is 1. The zero-order chi connectivity index (χ0) is 17.9. The van der Waals surface area contributed by atoms with Crippen molar-refractivity contribution in [3.05, 3.63) is 65.7 Å². The van der Waals surface area contributed by atoms with Gasteiger partial charge in [0, 0.05) is 36.6 Å². The molecule has 1 fully saturated rings. The number of amides is 1. The Morgan fingerprint density at radius 2 is 1.76 bits per heavy atom. The molecular formula is C19H19F3N2O. The van der Waals surface area contributed by atoms with Crippen LogP contribution in [0.15, 0.2) is 48.8 Å². The van der Waals surface area contributed by atoms with Gasteiger partial charge in [-0.3, -0.25) is 9.78 Å². The molecule has 1 aromatic heterocycles. The van der Waals surface area contributed by atoms with Gasteiger partial charge in [0.2, 0.25) is 5.92 Å². The number of carbonyl (C=O) groups excluding carboxylic acids is 1. The van der Waals surface area contributed by atoms with E-state index in [0.29, 0.717) is 11.1 Å². The Morgan fingerprint density at radius 1 is 1.08 bits per heavy atom. The fourth-order valence-electron chi connectivity index (χ4n) is 3.30. The van der Waals surface area contributed by atoms with Crippen LogP contribution in [-0.2, 0) is 5.41 Å². The molecule has 0 saturated heterocycles. The number of halogens is 3. The van der Waals surface area contributed by atoms with Crippen LogP contribution < -0.4 is 5.32 Å². The van der Waals surface area contributed by atoms with Crippen molar-refractivity contribution in [2.75, 3.05) is 6.54 Å². The summed E-state index contributed by atoms with van der Waals surface area (Å²) in [7, 11) is 0. The molecule has 0 bridgehead atoms. The predicted octanol–water partition coefficient (Wildman–Crippen LogP) is 4.10. The van der Waals surface area contributed by atoms with Gasteiger partial charge in [-0.2, -0.15) is 0 Å². The van der Waals surface area contributed by atoms with Gasteiger partial charge in [-0.05, 0) is 36.6 Å². The van der Waals surface area contributed by atoms with Gasteiger partial charge in [0.15, 0.2) is 0 Å². The van der Waals surface area contributed by atoms with E-state index in [9.17, 15) is 18.0 Å². The van der Waals surface area contributed by atoms with Crippen LogP contribution in [0.25, 0.3) is 0 Å². The maximum Gasteiger partial charge on any atom is 0.251 e. The fourth-order valence-corrected chi connectivity index (χ4v) is 3.30. The fraction of sp³-hybridized carbons (Fsp3) is 0.368. The number of pyridine rings is 1. The van der Waals surface area contributed by atoms with Crippen molar-refractivity contribution < 1.29 is 18.0 Å². The third-order valence-electron chi connectivity index (χ3n) is 4.88. The summed E-state index contributed by atoms with van der Waals surface area (Å²) in [5, 5.41) is 2.82. The smallest absolute Gasteiger partial charge is 0.251 e. The van der Waals surface area contributed by atoms with Crippen molar-refractivity contribution in [2.45, 2.75) is 37.0 Å². The third kappa shape index (κ3) is 4.00. The third-order valence-corrected chi connectivity index (χ3v) is 4.88. The Bertz CT molecular complexity index is 739. The topological polar surface area (TPSA) is 42.0 Å². The number of carbonyl (C=O) groups is 1. The summed E-state index contributed by atoms with van der Waals surface area (Å²) in [6, 6.07) is 10.00. The van der Waals surface area contributed by atoms with Crippen LogP contribution in [0.5, 0.6) is 0 Å². The van der Waals surface area contributed by atoms with E-state index in [0.717, 1.165) is 6.20 Å². The lowest BCUT2D eigenvalue weighted by molar-refractivity contribution is -0.0516. The molecule has 3 rings (SSSR count). The second kappa shape index (κ2) is 6.86. The number of alkyl halides is 2. The number of aromatic nitrogens is 1. The van der Waals surface area contributed by atoms with E-state index in [1.54, 1.807) is 30.3 Å². The quantitative estimate of drug-likeness (QED) is 0.904. The van der Waals surface area contributed by atoms with E-state index in [2.05, 4.69) is 10.3 Å². The largest absolute Gasteiger partial charge is 0.351 e. The van der Waals surface area contributed by atoms with Crippen LogP contribution >= 0.6 is 0 Å². The van der Waals surface area contributed by atoms with Crippen molar-refractivity contribution >= 4 is 5.91 Å². The highest BCUT2D eigenvalue weighted by molar-refractivity contribution is 5.94. The highest BCUT2D eigenvalue weighted by Gasteiger charge is 2.44. The van der Waals surface area contributed by atoms with Crippen LogP contribution in [0.4, 0.5) is 13.2 Å². The highest BCUT2D eigenvalue weighted by Crippen LogP contribution is 2.45. The summed E-state index contributed by atoms with van der Waals surface area (Å²) in [6.07, 6.45) is 2.34. The number of hydrogen-bond acceptors (Lipinski definition) is 2. The van der Waals surface area contributed by atoms with E-state index >= 15 is 0 Å². The number of nitrogens with zero attached hydrogens (tertiary/aromatic N) is 1. The summed E-state index contributed by atoms with van der Waals surface area (Å²) in [5.74, 6) is -3.50. The zero-order valence-electron chi connectivity index (χ0n) is 13.6. The van der Waals surface area contributed by atoms with Gasteiger partial charge < -0.3 is 5.32 Å². The highest BCUT2D eigenvalue weighted by atomic mass is 19.3. The Kier molecular flexibility index (Phi) is 4.79. The first kappa shape index (κ1) is 17.5. The molecule has 1 heterocycles. The van der Waals surface area contributed by atoms with Gasteiger partial charge in [0.1, 0.15) is 5.82 Å². The second-order valence-corrected chi connectivity index (χ2v) is 6.58. The van der Waals surface area contributed by atoms with Crippen molar-refractivity contribution in [1.29, 1.82) is 0 Å². The van der Waals surface area contributed by atoms with Crippen LogP contribution in [0, 0.1) is 5.82 Å². The van der Waals surface area contributed by atoms with E-state index in [1.165, 1.54) is 12.3 Å². The lowest BCUT2D eigenvalue weighted by Crippen LogP contribution is -2.45. The standard InChI is InChI=1S/C19H19F3N2O/c20-16-10-15(11-23-12-16)18(6-8-19(21,22)9-7-18)13-24-17(25)14-4-2-1-3-5-14/h1-5,10-12H,6-9,13H2,(H,24,25). The van der Waals surface area contributed by atoms with E-state index in [-0.39, 0.29) is 38.1 Å².